The van der Waals surface area contributed by atoms with Crippen molar-refractivity contribution >= 4 is 11.9 Å². The number of esters is 2. The van der Waals surface area contributed by atoms with Crippen molar-refractivity contribution in [1.82, 2.24) is 0 Å². The average molecular weight is 523 g/mol. The van der Waals surface area contributed by atoms with Crippen LogP contribution in [0.5, 0.6) is 0 Å². The van der Waals surface area contributed by atoms with E-state index in [2.05, 4.69) is 68.4 Å². The minimum Gasteiger partial charge on any atom is -0.390 e. The van der Waals surface area contributed by atoms with Crippen molar-refractivity contribution in [2.75, 3.05) is 0 Å². The smallest absolute Gasteiger partial charge is 0.338 e. The topological polar surface area (TPSA) is 43.4 Å². The van der Waals surface area contributed by atoms with Gasteiger partial charge in [-0.25, -0.2) is 4.79 Å². The van der Waals surface area contributed by atoms with E-state index in [-0.39, 0.29) is 32.5 Å². The van der Waals surface area contributed by atoms with E-state index in [0.29, 0.717) is 10.8 Å². The van der Waals surface area contributed by atoms with Gasteiger partial charge < -0.3 is 4.74 Å². The highest BCUT2D eigenvalue weighted by molar-refractivity contribution is 5.91. The molecular weight excluding hydrogens is 468 g/mol. The van der Waals surface area contributed by atoms with Crippen molar-refractivity contribution < 1.29 is 14.3 Å². The Labute approximate surface area is 232 Å². The molecule has 0 aromatic heterocycles. The second kappa shape index (κ2) is 7.39. The van der Waals surface area contributed by atoms with Crippen LogP contribution in [0.25, 0.3) is 0 Å². The predicted octanol–water partition coefficient (Wildman–Crippen LogP) is 8.76. The van der Waals surface area contributed by atoms with E-state index in [1.54, 1.807) is 6.08 Å². The second-order valence-corrected chi connectivity index (χ2v) is 17.2. The van der Waals surface area contributed by atoms with E-state index >= 15 is 0 Å². The Morgan fingerprint density at radius 1 is 0.711 bits per heavy atom. The Bertz CT molecular complexity index is 1110. The van der Waals surface area contributed by atoms with Crippen molar-refractivity contribution in [3.05, 3.63) is 12.2 Å². The summed E-state index contributed by atoms with van der Waals surface area (Å²) in [6.07, 6.45) is 15.7. The highest BCUT2D eigenvalue weighted by atomic mass is 16.6. The maximum absolute atomic E-state index is 12.6. The minimum atomic E-state index is -0.527. The van der Waals surface area contributed by atoms with E-state index in [1.807, 2.05) is 0 Å². The number of fused-ring (bicyclic) bond motifs is 6. The molecule has 38 heavy (non-hydrogen) atoms. The molecule has 9 aliphatic carbocycles. The summed E-state index contributed by atoms with van der Waals surface area (Å²) >= 11 is 0. The fourth-order valence-electron chi connectivity index (χ4n) is 14.7. The maximum atomic E-state index is 12.6. The molecule has 0 aromatic rings. The van der Waals surface area contributed by atoms with Crippen LogP contribution in [0.2, 0.25) is 0 Å². The fraction of sp³-hybridized carbons (Fsp3) is 0.886. The van der Waals surface area contributed by atoms with Crippen LogP contribution in [0.3, 0.4) is 0 Å². The maximum Gasteiger partial charge on any atom is 0.338 e. The third kappa shape index (κ3) is 2.45. The van der Waals surface area contributed by atoms with E-state index < -0.39 is 11.9 Å². The molecule has 0 aromatic carbocycles. The summed E-state index contributed by atoms with van der Waals surface area (Å²) in [7, 11) is 0. The van der Waals surface area contributed by atoms with Crippen LogP contribution in [-0.4, -0.2) is 11.9 Å². The van der Waals surface area contributed by atoms with Crippen molar-refractivity contribution in [2.24, 2.45) is 67.0 Å². The Balaban J connectivity index is 1.57. The van der Waals surface area contributed by atoms with Crippen molar-refractivity contribution in [3.63, 3.8) is 0 Å². The lowest BCUT2D eigenvalue weighted by Gasteiger charge is -2.93. The van der Waals surface area contributed by atoms with Crippen LogP contribution in [0, 0.1) is 67.0 Å². The van der Waals surface area contributed by atoms with E-state index in [4.69, 9.17) is 4.74 Å². The molecule has 9 saturated carbocycles. The first kappa shape index (κ1) is 27.1. The lowest BCUT2D eigenvalue weighted by atomic mass is 9.11. The molecule has 0 saturated heterocycles. The third-order valence-corrected chi connectivity index (χ3v) is 16.3. The molecule has 0 amide bonds. The zero-order valence-corrected chi connectivity index (χ0v) is 26.1. The molecule has 3 heteroatoms. The average Bonchev–Trinajstić information content (AvgIpc) is 2.81. The monoisotopic (exact) mass is 522 g/mol. The zero-order valence-electron chi connectivity index (χ0n) is 26.1. The van der Waals surface area contributed by atoms with Gasteiger partial charge in [-0.3, -0.25) is 4.79 Å². The Kier molecular flexibility index (Phi) is 5.26. The van der Waals surface area contributed by atoms with Gasteiger partial charge >= 0.3 is 11.9 Å². The van der Waals surface area contributed by atoms with Crippen LogP contribution in [0.4, 0.5) is 0 Å². The minimum absolute atomic E-state index is 0.107. The highest BCUT2D eigenvalue weighted by Gasteiger charge is 2.90. The number of ether oxygens (including phenoxy) is 1. The largest absolute Gasteiger partial charge is 0.390 e. The summed E-state index contributed by atoms with van der Waals surface area (Å²) in [5, 5.41) is 0. The molecule has 9 atom stereocenters. The summed E-state index contributed by atoms with van der Waals surface area (Å²) < 4.78 is 4.98. The lowest BCUT2D eigenvalue weighted by Crippen LogP contribution is -2.87. The second-order valence-electron chi connectivity index (χ2n) is 17.2. The van der Waals surface area contributed by atoms with Crippen LogP contribution in [-0.2, 0) is 14.3 Å². The van der Waals surface area contributed by atoms with Crippen molar-refractivity contribution in [1.29, 1.82) is 0 Å². The fourth-order valence-corrected chi connectivity index (χ4v) is 14.7. The van der Waals surface area contributed by atoms with Crippen LogP contribution < -0.4 is 0 Å². The number of hydrogen-bond acceptors (Lipinski definition) is 3. The molecule has 9 fully saturated rings. The molecule has 3 nitrogen and oxygen atoms in total. The highest BCUT2D eigenvalue weighted by Crippen LogP contribution is 2.96. The Morgan fingerprint density at radius 2 is 1.26 bits per heavy atom. The van der Waals surface area contributed by atoms with E-state index in [0.717, 1.165) is 30.1 Å². The molecule has 9 aliphatic rings. The number of rotatable bonds is 4. The molecule has 0 heterocycles. The normalized spacial score (nSPS) is 52.8. The van der Waals surface area contributed by atoms with E-state index in [9.17, 15) is 9.59 Å². The van der Waals surface area contributed by atoms with Gasteiger partial charge in [0, 0.05) is 13.0 Å². The quantitative estimate of drug-likeness (QED) is 0.210. The number of allylic oxidation sites excluding steroid dienone is 1. The molecule has 6 bridgehead atoms. The van der Waals surface area contributed by atoms with Gasteiger partial charge in [-0.1, -0.05) is 68.4 Å². The first-order valence-electron chi connectivity index (χ1n) is 15.8. The zero-order chi connectivity index (χ0) is 27.9. The molecule has 9 unspecified atom stereocenters. The van der Waals surface area contributed by atoms with Gasteiger partial charge in [0.2, 0.25) is 0 Å². The Morgan fingerprint density at radius 3 is 1.79 bits per heavy atom. The van der Waals surface area contributed by atoms with Crippen molar-refractivity contribution in [2.45, 2.75) is 127 Å². The first-order valence-corrected chi connectivity index (χ1v) is 15.8. The Hall–Kier alpha value is -1.12. The lowest BCUT2D eigenvalue weighted by molar-refractivity contribution is -0.450. The molecule has 0 N–H and O–H groups in total. The van der Waals surface area contributed by atoms with Crippen LogP contribution in [0.1, 0.15) is 127 Å². The number of carbonyl (C=O) groups is 2. The van der Waals surface area contributed by atoms with Crippen molar-refractivity contribution in [3.8, 4) is 0 Å². The molecule has 212 valence electrons. The van der Waals surface area contributed by atoms with Gasteiger partial charge in [0.15, 0.2) is 0 Å². The summed E-state index contributed by atoms with van der Waals surface area (Å²) in [5.41, 5.74) is 1.70. The van der Waals surface area contributed by atoms with Gasteiger partial charge in [-0.15, -0.1) is 0 Å². The molecular formula is C35H54O3. The van der Waals surface area contributed by atoms with Crippen LogP contribution in [0.15, 0.2) is 12.2 Å². The van der Waals surface area contributed by atoms with E-state index in [1.165, 1.54) is 58.3 Å². The molecule has 0 spiro atoms. The van der Waals surface area contributed by atoms with Gasteiger partial charge in [-0.05, 0) is 125 Å². The van der Waals surface area contributed by atoms with Gasteiger partial charge in [0.1, 0.15) is 0 Å². The number of carbonyl (C=O) groups excluding carboxylic acids is 2. The third-order valence-electron chi connectivity index (χ3n) is 16.3. The summed E-state index contributed by atoms with van der Waals surface area (Å²) in [5.74, 6) is 2.14. The summed E-state index contributed by atoms with van der Waals surface area (Å²) in [4.78, 5) is 24.2. The first-order chi connectivity index (χ1) is 17.4. The van der Waals surface area contributed by atoms with Crippen LogP contribution >= 0.6 is 0 Å². The summed E-state index contributed by atoms with van der Waals surface area (Å²) in [6, 6.07) is 0. The van der Waals surface area contributed by atoms with Gasteiger partial charge in [0.25, 0.3) is 0 Å². The molecule has 0 radical (unpaired) electrons. The van der Waals surface area contributed by atoms with Gasteiger partial charge in [0.05, 0.1) is 0 Å². The predicted molar refractivity (Wildman–Crippen MR) is 152 cm³/mol. The SMILES string of the molecule is CC(=O)OC(=O)C=CC1(C)CCC2CC1(C13CC(CCC1(C)C14CC(CCC1C)C4(C)C)C3(C)C)C2(C)C. The molecule has 9 rings (SSSR count). The number of hydrogen-bond donors (Lipinski definition) is 0. The summed E-state index contributed by atoms with van der Waals surface area (Å²) in [6.45, 7) is 24.9. The molecule has 0 aliphatic heterocycles. The standard InChI is InChI=1S/C35H54O3/c1-22-11-12-24-19-33(22,28(24,3)4)32(10)18-14-26-21-35(32,30(26,7)8)34-20-25(29(34,5)6)13-16-31(34,9)17-15-27(37)38-23(2)36/h15,17,22,24-26H,11-14,16,18-21H2,1-10H3. The van der Waals surface area contributed by atoms with Gasteiger partial charge in [-0.2, -0.15) is 0 Å².